The number of anilines is 1. The normalized spacial score (nSPS) is 10.3. The summed E-state index contributed by atoms with van der Waals surface area (Å²) in [6.45, 7) is 0.949. The lowest BCUT2D eigenvalue weighted by atomic mass is 10.2. The second-order valence-corrected chi connectivity index (χ2v) is 8.20. The van der Waals surface area contributed by atoms with Gasteiger partial charge in [0, 0.05) is 12.0 Å². The zero-order chi connectivity index (χ0) is 24.3. The zero-order valence-electron chi connectivity index (χ0n) is 19.1. The SMILES string of the molecule is O=C(NC(=S)Nc1ccccc1OCc1ccccc1)c1cccc(OCCc2ccccc2)c1. The topological polar surface area (TPSA) is 59.6 Å². The highest BCUT2D eigenvalue weighted by Crippen LogP contribution is 2.25. The second kappa shape index (κ2) is 12.3. The van der Waals surface area contributed by atoms with E-state index in [1.807, 2.05) is 78.9 Å². The minimum Gasteiger partial charge on any atom is -0.493 e. The van der Waals surface area contributed by atoms with Gasteiger partial charge in [0.05, 0.1) is 12.3 Å². The highest BCUT2D eigenvalue weighted by Gasteiger charge is 2.11. The van der Waals surface area contributed by atoms with E-state index in [0.717, 1.165) is 12.0 Å². The van der Waals surface area contributed by atoms with Gasteiger partial charge in [-0.15, -0.1) is 0 Å². The van der Waals surface area contributed by atoms with Crippen LogP contribution in [-0.2, 0) is 13.0 Å². The van der Waals surface area contributed by atoms with Crippen molar-refractivity contribution in [2.45, 2.75) is 13.0 Å². The van der Waals surface area contributed by atoms with Crippen molar-refractivity contribution < 1.29 is 14.3 Å². The van der Waals surface area contributed by atoms with E-state index in [-0.39, 0.29) is 11.0 Å². The molecule has 0 bridgehead atoms. The number of carbonyl (C=O) groups is 1. The summed E-state index contributed by atoms with van der Waals surface area (Å²) in [4.78, 5) is 12.8. The van der Waals surface area contributed by atoms with Crippen LogP contribution in [-0.4, -0.2) is 17.6 Å². The summed E-state index contributed by atoms with van der Waals surface area (Å²) in [6, 6.07) is 34.5. The lowest BCUT2D eigenvalue weighted by Crippen LogP contribution is -2.34. The van der Waals surface area contributed by atoms with Crippen LogP contribution in [0.1, 0.15) is 21.5 Å². The second-order valence-electron chi connectivity index (χ2n) is 7.79. The fourth-order valence-corrected chi connectivity index (χ4v) is 3.62. The van der Waals surface area contributed by atoms with E-state index in [0.29, 0.717) is 36.0 Å². The minimum absolute atomic E-state index is 0.182. The van der Waals surface area contributed by atoms with Crippen molar-refractivity contribution >= 4 is 28.9 Å². The quantitative estimate of drug-likeness (QED) is 0.286. The number of hydrogen-bond acceptors (Lipinski definition) is 4. The first-order valence-corrected chi connectivity index (χ1v) is 11.7. The maximum Gasteiger partial charge on any atom is 0.257 e. The summed E-state index contributed by atoms with van der Waals surface area (Å²) in [7, 11) is 0. The van der Waals surface area contributed by atoms with Gasteiger partial charge in [0.25, 0.3) is 5.91 Å². The van der Waals surface area contributed by atoms with E-state index in [1.165, 1.54) is 5.56 Å². The van der Waals surface area contributed by atoms with Gasteiger partial charge in [-0.2, -0.15) is 0 Å². The number of ether oxygens (including phenoxy) is 2. The molecule has 35 heavy (non-hydrogen) atoms. The Morgan fingerprint density at radius 3 is 2.20 bits per heavy atom. The van der Waals surface area contributed by atoms with Crippen LogP contribution in [0.15, 0.2) is 109 Å². The molecule has 2 N–H and O–H groups in total. The van der Waals surface area contributed by atoms with Gasteiger partial charge in [-0.1, -0.05) is 78.9 Å². The van der Waals surface area contributed by atoms with Crippen LogP contribution in [0, 0.1) is 0 Å². The molecule has 0 spiro atoms. The third-order valence-corrected chi connectivity index (χ3v) is 5.40. The highest BCUT2D eigenvalue weighted by atomic mass is 32.1. The molecule has 0 unspecified atom stereocenters. The molecule has 0 saturated heterocycles. The molecule has 176 valence electrons. The molecule has 0 aliphatic carbocycles. The maximum atomic E-state index is 12.8. The minimum atomic E-state index is -0.321. The zero-order valence-corrected chi connectivity index (χ0v) is 20.0. The van der Waals surface area contributed by atoms with Gasteiger partial charge in [0.2, 0.25) is 0 Å². The van der Waals surface area contributed by atoms with Gasteiger partial charge in [-0.05, 0) is 53.7 Å². The summed E-state index contributed by atoms with van der Waals surface area (Å²) in [6.07, 6.45) is 0.789. The number of amides is 1. The molecule has 0 aliphatic heterocycles. The molecule has 0 aromatic heterocycles. The third kappa shape index (κ3) is 7.42. The Kier molecular flexibility index (Phi) is 8.46. The smallest absolute Gasteiger partial charge is 0.257 e. The fraction of sp³-hybridized carbons (Fsp3) is 0.103. The molecule has 0 atom stereocenters. The molecule has 0 aliphatic rings. The number of thiocarbonyl (C=S) groups is 1. The molecule has 6 heteroatoms. The van der Waals surface area contributed by atoms with E-state index in [4.69, 9.17) is 21.7 Å². The first-order chi connectivity index (χ1) is 17.2. The van der Waals surface area contributed by atoms with Crippen molar-refractivity contribution in [3.63, 3.8) is 0 Å². The molecule has 0 fully saturated rings. The van der Waals surface area contributed by atoms with Crippen molar-refractivity contribution in [2.75, 3.05) is 11.9 Å². The van der Waals surface area contributed by atoms with Gasteiger partial charge < -0.3 is 14.8 Å². The Hall–Kier alpha value is -4.16. The van der Waals surface area contributed by atoms with E-state index in [2.05, 4.69) is 22.8 Å². The van der Waals surface area contributed by atoms with Gasteiger partial charge >= 0.3 is 0 Å². The van der Waals surface area contributed by atoms with Crippen LogP contribution >= 0.6 is 12.2 Å². The Bertz CT molecular complexity index is 1260. The average molecular weight is 483 g/mol. The molecule has 4 aromatic carbocycles. The summed E-state index contributed by atoms with van der Waals surface area (Å²) < 4.78 is 11.8. The van der Waals surface area contributed by atoms with Crippen LogP contribution in [0.2, 0.25) is 0 Å². The number of carbonyl (C=O) groups excluding carboxylic acids is 1. The largest absolute Gasteiger partial charge is 0.493 e. The first kappa shape index (κ1) is 24.0. The summed E-state index contributed by atoms with van der Waals surface area (Å²) in [5.74, 6) is 0.951. The lowest BCUT2D eigenvalue weighted by Gasteiger charge is -2.14. The molecule has 0 saturated carbocycles. The number of para-hydroxylation sites is 2. The average Bonchev–Trinajstić information content (AvgIpc) is 2.89. The summed E-state index contributed by atoms with van der Waals surface area (Å²) in [5, 5.41) is 5.96. The van der Waals surface area contributed by atoms with E-state index >= 15 is 0 Å². The van der Waals surface area contributed by atoms with Crippen molar-refractivity contribution in [1.29, 1.82) is 0 Å². The van der Waals surface area contributed by atoms with Crippen LogP contribution in [0.25, 0.3) is 0 Å². The Morgan fingerprint density at radius 1 is 0.743 bits per heavy atom. The van der Waals surface area contributed by atoms with Gasteiger partial charge in [-0.25, -0.2) is 0 Å². The molecule has 1 amide bonds. The van der Waals surface area contributed by atoms with Crippen molar-refractivity contribution in [2.24, 2.45) is 0 Å². The molecular formula is C29H26N2O3S. The molecule has 0 heterocycles. The lowest BCUT2D eigenvalue weighted by molar-refractivity contribution is 0.0977. The van der Waals surface area contributed by atoms with Gasteiger partial charge in [0.1, 0.15) is 18.1 Å². The molecule has 4 aromatic rings. The highest BCUT2D eigenvalue weighted by molar-refractivity contribution is 7.80. The third-order valence-electron chi connectivity index (χ3n) is 5.20. The number of rotatable bonds is 9. The van der Waals surface area contributed by atoms with Crippen LogP contribution in [0.4, 0.5) is 5.69 Å². The van der Waals surface area contributed by atoms with E-state index in [9.17, 15) is 4.79 Å². The maximum absolute atomic E-state index is 12.8. The predicted molar refractivity (Wildman–Crippen MR) is 143 cm³/mol. The molecular weight excluding hydrogens is 456 g/mol. The standard InChI is InChI=1S/C29H26N2O3S/c32-28(24-14-9-15-25(20-24)33-19-18-22-10-3-1-4-11-22)31-29(35)30-26-16-7-8-17-27(26)34-21-23-12-5-2-6-13-23/h1-17,20H,18-19,21H2,(H2,30,31,32,35). The van der Waals surface area contributed by atoms with Gasteiger partial charge in [0.15, 0.2) is 5.11 Å². The Labute approximate surface area is 210 Å². The van der Waals surface area contributed by atoms with Crippen molar-refractivity contribution in [1.82, 2.24) is 5.32 Å². The number of nitrogens with one attached hydrogen (secondary N) is 2. The first-order valence-electron chi connectivity index (χ1n) is 11.3. The molecule has 0 radical (unpaired) electrons. The monoisotopic (exact) mass is 482 g/mol. The summed E-state index contributed by atoms with van der Waals surface area (Å²) in [5.41, 5.74) is 3.39. The Morgan fingerprint density at radius 2 is 1.43 bits per heavy atom. The van der Waals surface area contributed by atoms with Gasteiger partial charge in [-0.3, -0.25) is 10.1 Å². The van der Waals surface area contributed by atoms with Crippen LogP contribution < -0.4 is 20.1 Å². The summed E-state index contributed by atoms with van der Waals surface area (Å²) >= 11 is 5.38. The number of hydrogen-bond donors (Lipinski definition) is 2. The van der Waals surface area contributed by atoms with E-state index < -0.39 is 0 Å². The van der Waals surface area contributed by atoms with Crippen LogP contribution in [0.3, 0.4) is 0 Å². The number of benzene rings is 4. The van der Waals surface area contributed by atoms with Crippen LogP contribution in [0.5, 0.6) is 11.5 Å². The van der Waals surface area contributed by atoms with E-state index in [1.54, 1.807) is 18.2 Å². The molecule has 4 rings (SSSR count). The fourth-order valence-electron chi connectivity index (χ4n) is 3.42. The van der Waals surface area contributed by atoms with Crippen molar-refractivity contribution in [3.05, 3.63) is 126 Å². The predicted octanol–water partition coefficient (Wildman–Crippen LogP) is 6.01. The Balaban J connectivity index is 1.31. The molecule has 5 nitrogen and oxygen atoms in total. The van der Waals surface area contributed by atoms with Crippen molar-refractivity contribution in [3.8, 4) is 11.5 Å².